The molecule has 2 heterocycles. The molecule has 1 fully saturated rings. The van der Waals surface area contributed by atoms with Gasteiger partial charge in [0.1, 0.15) is 10.6 Å². The predicted molar refractivity (Wildman–Crippen MR) is 84.5 cm³/mol. The van der Waals surface area contributed by atoms with Gasteiger partial charge in [0.25, 0.3) is 0 Å². The Morgan fingerprint density at radius 2 is 1.87 bits per heavy atom. The third-order valence-electron chi connectivity index (χ3n) is 4.17. The monoisotopic (exact) mass is 344 g/mol. The molecule has 9 heteroatoms. The second kappa shape index (κ2) is 6.98. The van der Waals surface area contributed by atoms with Gasteiger partial charge in [-0.25, -0.2) is 8.42 Å². The SMILES string of the molecule is CCN1CCN(C(=O)CN(C)S(=O)(=O)c2c(C)noc2C)CC1. The van der Waals surface area contributed by atoms with Crippen molar-refractivity contribution in [1.82, 2.24) is 19.3 Å². The Kier molecular flexibility index (Phi) is 5.43. The fourth-order valence-electron chi connectivity index (χ4n) is 2.69. The first kappa shape index (κ1) is 17.9. The lowest BCUT2D eigenvalue weighted by Crippen LogP contribution is -2.51. The molecule has 0 radical (unpaired) electrons. The molecule has 130 valence electrons. The van der Waals surface area contributed by atoms with Crippen molar-refractivity contribution in [3.05, 3.63) is 11.5 Å². The lowest BCUT2D eigenvalue weighted by Gasteiger charge is -2.34. The van der Waals surface area contributed by atoms with E-state index in [1.165, 1.54) is 7.05 Å². The lowest BCUT2D eigenvalue weighted by atomic mass is 10.3. The molecule has 1 aliphatic heterocycles. The van der Waals surface area contributed by atoms with Crippen LogP contribution in [0.4, 0.5) is 0 Å². The van der Waals surface area contributed by atoms with Gasteiger partial charge in [0.2, 0.25) is 15.9 Å². The van der Waals surface area contributed by atoms with Crippen molar-refractivity contribution in [2.45, 2.75) is 25.7 Å². The summed E-state index contributed by atoms with van der Waals surface area (Å²) in [4.78, 5) is 16.4. The van der Waals surface area contributed by atoms with Crippen LogP contribution in [-0.2, 0) is 14.8 Å². The molecule has 23 heavy (non-hydrogen) atoms. The largest absolute Gasteiger partial charge is 0.360 e. The van der Waals surface area contributed by atoms with Crippen LogP contribution in [0.25, 0.3) is 0 Å². The molecule has 0 N–H and O–H groups in total. The highest BCUT2D eigenvalue weighted by Crippen LogP contribution is 2.22. The van der Waals surface area contributed by atoms with Crippen molar-refractivity contribution >= 4 is 15.9 Å². The number of likely N-dealkylation sites (N-methyl/N-ethyl adjacent to an activating group) is 2. The van der Waals surface area contributed by atoms with Crippen LogP contribution in [0.5, 0.6) is 0 Å². The molecule has 1 aromatic rings. The van der Waals surface area contributed by atoms with E-state index >= 15 is 0 Å². The minimum atomic E-state index is -3.79. The van der Waals surface area contributed by atoms with E-state index < -0.39 is 10.0 Å². The molecule has 1 aromatic heterocycles. The summed E-state index contributed by atoms with van der Waals surface area (Å²) in [5, 5.41) is 3.67. The maximum absolute atomic E-state index is 12.6. The van der Waals surface area contributed by atoms with Gasteiger partial charge in [-0.3, -0.25) is 4.79 Å². The van der Waals surface area contributed by atoms with Crippen LogP contribution in [0.3, 0.4) is 0 Å². The van der Waals surface area contributed by atoms with E-state index in [9.17, 15) is 13.2 Å². The number of nitrogens with zero attached hydrogens (tertiary/aromatic N) is 4. The van der Waals surface area contributed by atoms with Crippen LogP contribution in [0, 0.1) is 13.8 Å². The number of hydrogen-bond acceptors (Lipinski definition) is 6. The van der Waals surface area contributed by atoms with Crippen LogP contribution in [-0.4, -0.2) is 79.9 Å². The molecule has 2 rings (SSSR count). The summed E-state index contributed by atoms with van der Waals surface area (Å²) in [5.74, 6) is 0.0527. The molecule has 8 nitrogen and oxygen atoms in total. The zero-order valence-corrected chi connectivity index (χ0v) is 14.9. The number of carbonyl (C=O) groups excluding carboxylic acids is 1. The molecule has 0 aliphatic carbocycles. The summed E-state index contributed by atoms with van der Waals surface area (Å²) in [5.41, 5.74) is 0.304. The Labute approximate surface area is 137 Å². The second-order valence-electron chi connectivity index (χ2n) is 5.73. The molecule has 0 aromatic carbocycles. The Hall–Kier alpha value is -1.45. The van der Waals surface area contributed by atoms with Crippen LogP contribution >= 0.6 is 0 Å². The van der Waals surface area contributed by atoms with Crippen LogP contribution in [0.2, 0.25) is 0 Å². The minimum Gasteiger partial charge on any atom is -0.360 e. The lowest BCUT2D eigenvalue weighted by molar-refractivity contribution is -0.132. The highest BCUT2D eigenvalue weighted by Gasteiger charge is 2.31. The molecule has 1 aliphatic rings. The van der Waals surface area contributed by atoms with E-state index in [4.69, 9.17) is 4.52 Å². The summed E-state index contributed by atoms with van der Waals surface area (Å²) < 4.78 is 31.2. The van der Waals surface area contributed by atoms with E-state index in [0.717, 1.165) is 23.9 Å². The Bertz CT molecular complexity index is 643. The van der Waals surface area contributed by atoms with Crippen molar-refractivity contribution in [3.63, 3.8) is 0 Å². The van der Waals surface area contributed by atoms with Crippen LogP contribution in [0.15, 0.2) is 9.42 Å². The van der Waals surface area contributed by atoms with Gasteiger partial charge in [-0.2, -0.15) is 4.31 Å². The summed E-state index contributed by atoms with van der Waals surface area (Å²) in [6, 6.07) is 0. The Morgan fingerprint density at radius 3 is 2.35 bits per heavy atom. The van der Waals surface area contributed by atoms with Gasteiger partial charge >= 0.3 is 0 Å². The smallest absolute Gasteiger partial charge is 0.248 e. The number of amides is 1. The highest BCUT2D eigenvalue weighted by atomic mass is 32.2. The number of hydrogen-bond donors (Lipinski definition) is 0. The number of piperazine rings is 1. The highest BCUT2D eigenvalue weighted by molar-refractivity contribution is 7.89. The van der Waals surface area contributed by atoms with Crippen molar-refractivity contribution in [3.8, 4) is 0 Å². The van der Waals surface area contributed by atoms with E-state index in [0.29, 0.717) is 18.8 Å². The first-order valence-corrected chi connectivity index (χ1v) is 9.10. The number of aryl methyl sites for hydroxylation is 2. The van der Waals surface area contributed by atoms with E-state index in [1.54, 1.807) is 18.7 Å². The molecule has 1 amide bonds. The third kappa shape index (κ3) is 3.73. The maximum atomic E-state index is 12.6. The van der Waals surface area contributed by atoms with Gasteiger partial charge in [-0.1, -0.05) is 12.1 Å². The zero-order valence-electron chi connectivity index (χ0n) is 14.1. The fourth-order valence-corrected chi connectivity index (χ4v) is 4.09. The molecule has 1 saturated heterocycles. The summed E-state index contributed by atoms with van der Waals surface area (Å²) in [6.07, 6.45) is 0. The van der Waals surface area contributed by atoms with Gasteiger partial charge in [0, 0.05) is 33.2 Å². The normalized spacial score (nSPS) is 17.0. The summed E-state index contributed by atoms with van der Waals surface area (Å²) >= 11 is 0. The molecular weight excluding hydrogens is 320 g/mol. The molecule has 0 atom stereocenters. The van der Waals surface area contributed by atoms with Gasteiger partial charge in [0.15, 0.2) is 5.76 Å². The molecular formula is C14H24N4O4S. The van der Waals surface area contributed by atoms with Crippen molar-refractivity contribution in [1.29, 1.82) is 0 Å². The maximum Gasteiger partial charge on any atom is 0.248 e. The average molecular weight is 344 g/mol. The van der Waals surface area contributed by atoms with Crippen molar-refractivity contribution in [2.75, 3.05) is 46.3 Å². The van der Waals surface area contributed by atoms with E-state index in [-0.39, 0.29) is 23.1 Å². The Balaban J connectivity index is 2.04. The predicted octanol–water partition coefficient (Wildman–Crippen LogP) is 0.0760. The second-order valence-corrected chi connectivity index (χ2v) is 7.71. The summed E-state index contributed by atoms with van der Waals surface area (Å²) in [6.45, 7) is 8.89. The zero-order chi connectivity index (χ0) is 17.2. The van der Waals surface area contributed by atoms with Crippen LogP contribution < -0.4 is 0 Å². The minimum absolute atomic E-state index is 0.0450. The van der Waals surface area contributed by atoms with Crippen LogP contribution in [0.1, 0.15) is 18.4 Å². The first-order chi connectivity index (χ1) is 10.8. The standard InChI is InChI=1S/C14H24N4O4S/c1-5-17-6-8-18(9-7-17)13(19)10-16(4)23(20,21)14-11(2)15-22-12(14)3/h5-10H2,1-4H3. The number of rotatable bonds is 5. The Morgan fingerprint density at radius 1 is 1.26 bits per heavy atom. The quantitative estimate of drug-likeness (QED) is 0.752. The third-order valence-corrected chi connectivity index (χ3v) is 6.21. The van der Waals surface area contributed by atoms with Gasteiger partial charge < -0.3 is 14.3 Å². The number of carbonyl (C=O) groups is 1. The van der Waals surface area contributed by atoms with Crippen molar-refractivity contribution < 1.29 is 17.7 Å². The molecule has 0 unspecified atom stereocenters. The van der Waals surface area contributed by atoms with Gasteiger partial charge in [-0.05, 0) is 20.4 Å². The number of sulfonamides is 1. The van der Waals surface area contributed by atoms with E-state index in [2.05, 4.69) is 17.0 Å². The topological polar surface area (TPSA) is 87.0 Å². The van der Waals surface area contributed by atoms with Gasteiger partial charge in [-0.15, -0.1) is 0 Å². The molecule has 0 saturated carbocycles. The van der Waals surface area contributed by atoms with Gasteiger partial charge in [0.05, 0.1) is 6.54 Å². The fraction of sp³-hybridized carbons (Fsp3) is 0.714. The molecule has 0 bridgehead atoms. The van der Waals surface area contributed by atoms with Crippen molar-refractivity contribution in [2.24, 2.45) is 0 Å². The summed E-state index contributed by atoms with van der Waals surface area (Å²) in [7, 11) is -2.38. The average Bonchev–Trinajstić information content (AvgIpc) is 2.86. The first-order valence-electron chi connectivity index (χ1n) is 7.66. The van der Waals surface area contributed by atoms with E-state index in [1.807, 2.05) is 0 Å². The molecule has 0 spiro atoms. The number of aromatic nitrogens is 1.